The summed E-state index contributed by atoms with van der Waals surface area (Å²) in [4.78, 5) is 31.6. The van der Waals surface area contributed by atoms with Gasteiger partial charge in [0.15, 0.2) is 0 Å². The zero-order valence-corrected chi connectivity index (χ0v) is 17.5. The second-order valence-electron chi connectivity index (χ2n) is 7.79. The van der Waals surface area contributed by atoms with Crippen LogP contribution in [-0.2, 0) is 27.3 Å². The van der Waals surface area contributed by atoms with Crippen molar-refractivity contribution in [3.63, 3.8) is 0 Å². The summed E-state index contributed by atoms with van der Waals surface area (Å²) in [7, 11) is 0. The van der Waals surface area contributed by atoms with Gasteiger partial charge in [-0.3, -0.25) is 9.59 Å². The Morgan fingerprint density at radius 2 is 1.90 bits per heavy atom. The van der Waals surface area contributed by atoms with Gasteiger partial charge < -0.3 is 14.2 Å². The third kappa shape index (κ3) is 5.25. The standard InChI is InChI=1S/C23H31N3O3/c1-3-29-22(28)23(11-9-20-7-5-4-6-8-20)12-16-26(17-13-23)21(27)10-15-25-18-14-24-19(25)2/h4-8,14,18H,3,9-13,15-17H2,1-2H3. The van der Waals surface area contributed by atoms with Crippen LogP contribution in [0.3, 0.4) is 0 Å². The van der Waals surface area contributed by atoms with Crippen LogP contribution in [0.1, 0.15) is 44.0 Å². The largest absolute Gasteiger partial charge is 0.466 e. The van der Waals surface area contributed by atoms with Crippen molar-refractivity contribution in [1.82, 2.24) is 14.5 Å². The van der Waals surface area contributed by atoms with Gasteiger partial charge in [-0.25, -0.2) is 4.98 Å². The Bertz CT molecular complexity index is 808. The van der Waals surface area contributed by atoms with Crippen LogP contribution in [0.25, 0.3) is 0 Å². The molecule has 3 rings (SSSR count). The van der Waals surface area contributed by atoms with Gasteiger partial charge in [-0.15, -0.1) is 0 Å². The Morgan fingerprint density at radius 1 is 1.17 bits per heavy atom. The van der Waals surface area contributed by atoms with Gasteiger partial charge >= 0.3 is 5.97 Å². The molecule has 156 valence electrons. The number of piperidine rings is 1. The van der Waals surface area contributed by atoms with Crippen LogP contribution in [0.15, 0.2) is 42.7 Å². The molecule has 1 aromatic carbocycles. The van der Waals surface area contributed by atoms with Crippen molar-refractivity contribution in [2.24, 2.45) is 5.41 Å². The van der Waals surface area contributed by atoms with Gasteiger partial charge in [-0.1, -0.05) is 30.3 Å². The van der Waals surface area contributed by atoms with Gasteiger partial charge in [0.25, 0.3) is 0 Å². The number of aromatic nitrogens is 2. The highest BCUT2D eigenvalue weighted by atomic mass is 16.5. The van der Waals surface area contributed by atoms with E-state index >= 15 is 0 Å². The van der Waals surface area contributed by atoms with Crippen LogP contribution in [0.2, 0.25) is 0 Å². The molecule has 1 fully saturated rings. The van der Waals surface area contributed by atoms with Crippen molar-refractivity contribution in [3.8, 4) is 0 Å². The van der Waals surface area contributed by atoms with Gasteiger partial charge in [0.1, 0.15) is 5.82 Å². The Hall–Kier alpha value is -2.63. The molecule has 1 aliphatic heterocycles. The third-order valence-electron chi connectivity index (χ3n) is 6.01. The van der Waals surface area contributed by atoms with E-state index in [0.29, 0.717) is 45.5 Å². The SMILES string of the molecule is CCOC(=O)C1(CCc2ccccc2)CCN(C(=O)CCn2ccnc2C)CC1. The number of esters is 1. The first-order chi connectivity index (χ1) is 14.0. The molecule has 0 saturated carbocycles. The van der Waals surface area contributed by atoms with Crippen molar-refractivity contribution >= 4 is 11.9 Å². The van der Waals surface area contributed by atoms with Crippen molar-refractivity contribution in [1.29, 1.82) is 0 Å². The molecule has 0 radical (unpaired) electrons. The van der Waals surface area contributed by atoms with E-state index in [9.17, 15) is 9.59 Å². The summed E-state index contributed by atoms with van der Waals surface area (Å²) in [5, 5.41) is 0. The van der Waals surface area contributed by atoms with E-state index < -0.39 is 5.41 Å². The molecule has 6 heteroatoms. The fourth-order valence-corrected chi connectivity index (χ4v) is 4.07. The molecule has 29 heavy (non-hydrogen) atoms. The molecule has 1 aliphatic rings. The number of carbonyl (C=O) groups is 2. The molecule has 0 bridgehead atoms. The Kier molecular flexibility index (Phi) is 7.07. The fourth-order valence-electron chi connectivity index (χ4n) is 4.07. The minimum absolute atomic E-state index is 0.114. The van der Waals surface area contributed by atoms with E-state index in [-0.39, 0.29) is 11.9 Å². The molecule has 2 aromatic rings. The van der Waals surface area contributed by atoms with Gasteiger partial charge in [0.2, 0.25) is 5.91 Å². The first kappa shape index (κ1) is 21.1. The lowest BCUT2D eigenvalue weighted by Crippen LogP contribution is -2.47. The minimum Gasteiger partial charge on any atom is -0.466 e. The second kappa shape index (κ2) is 9.72. The number of ether oxygens (including phenoxy) is 1. The average molecular weight is 398 g/mol. The van der Waals surface area contributed by atoms with E-state index in [1.165, 1.54) is 5.56 Å². The van der Waals surface area contributed by atoms with E-state index in [2.05, 4.69) is 17.1 Å². The van der Waals surface area contributed by atoms with Crippen LogP contribution in [0.4, 0.5) is 0 Å². The van der Waals surface area contributed by atoms with E-state index in [1.54, 1.807) is 6.20 Å². The number of nitrogens with zero attached hydrogens (tertiary/aromatic N) is 3. The van der Waals surface area contributed by atoms with E-state index in [0.717, 1.165) is 18.7 Å². The molecule has 0 atom stereocenters. The molecule has 1 aromatic heterocycles. The van der Waals surface area contributed by atoms with E-state index in [4.69, 9.17) is 4.74 Å². The fraction of sp³-hybridized carbons (Fsp3) is 0.522. The normalized spacial score (nSPS) is 15.9. The maximum atomic E-state index is 12.8. The summed E-state index contributed by atoms with van der Waals surface area (Å²) in [6, 6.07) is 10.2. The van der Waals surface area contributed by atoms with E-state index in [1.807, 2.05) is 47.7 Å². The molecular weight excluding hydrogens is 366 g/mol. The number of imidazole rings is 1. The molecule has 0 N–H and O–H groups in total. The van der Waals surface area contributed by atoms with Crippen LogP contribution >= 0.6 is 0 Å². The number of hydrogen-bond acceptors (Lipinski definition) is 4. The zero-order chi connectivity index (χ0) is 20.7. The molecule has 1 saturated heterocycles. The maximum absolute atomic E-state index is 12.8. The molecule has 0 aliphatic carbocycles. The van der Waals surface area contributed by atoms with Gasteiger partial charge in [-0.2, -0.15) is 0 Å². The first-order valence-electron chi connectivity index (χ1n) is 10.5. The predicted octanol–water partition coefficient (Wildman–Crippen LogP) is 3.39. The van der Waals surface area contributed by atoms with Crippen LogP contribution in [0, 0.1) is 12.3 Å². The molecular formula is C23H31N3O3. The number of benzene rings is 1. The topological polar surface area (TPSA) is 64.4 Å². The third-order valence-corrected chi connectivity index (χ3v) is 6.01. The summed E-state index contributed by atoms with van der Waals surface area (Å²) in [5.41, 5.74) is 0.731. The molecule has 0 spiro atoms. The summed E-state index contributed by atoms with van der Waals surface area (Å²) < 4.78 is 7.42. The summed E-state index contributed by atoms with van der Waals surface area (Å²) in [5.74, 6) is 0.939. The summed E-state index contributed by atoms with van der Waals surface area (Å²) >= 11 is 0. The van der Waals surface area contributed by atoms with Crippen LogP contribution in [-0.4, -0.2) is 46.0 Å². The molecule has 6 nitrogen and oxygen atoms in total. The lowest BCUT2D eigenvalue weighted by molar-refractivity contribution is -0.161. The van der Waals surface area contributed by atoms with Crippen molar-refractivity contribution in [2.45, 2.75) is 52.5 Å². The van der Waals surface area contributed by atoms with Gasteiger partial charge in [0.05, 0.1) is 12.0 Å². The maximum Gasteiger partial charge on any atom is 0.312 e. The monoisotopic (exact) mass is 397 g/mol. The number of aryl methyl sites for hydroxylation is 3. The van der Waals surface area contributed by atoms with Crippen molar-refractivity contribution in [2.75, 3.05) is 19.7 Å². The average Bonchev–Trinajstić information content (AvgIpc) is 3.16. The quantitative estimate of drug-likeness (QED) is 0.641. The van der Waals surface area contributed by atoms with Crippen molar-refractivity contribution in [3.05, 3.63) is 54.1 Å². The lowest BCUT2D eigenvalue weighted by Gasteiger charge is -2.40. The molecule has 1 amide bonds. The van der Waals surface area contributed by atoms with Crippen LogP contribution in [0.5, 0.6) is 0 Å². The smallest absolute Gasteiger partial charge is 0.312 e. The number of hydrogen-bond donors (Lipinski definition) is 0. The lowest BCUT2D eigenvalue weighted by atomic mass is 9.74. The number of likely N-dealkylation sites (tertiary alicyclic amines) is 1. The summed E-state index contributed by atoms with van der Waals surface area (Å²) in [6.45, 7) is 6.02. The number of amides is 1. The Labute approximate surface area is 172 Å². The van der Waals surface area contributed by atoms with Gasteiger partial charge in [-0.05, 0) is 45.1 Å². The highest BCUT2D eigenvalue weighted by Crippen LogP contribution is 2.38. The highest BCUT2D eigenvalue weighted by molar-refractivity contribution is 5.79. The summed E-state index contributed by atoms with van der Waals surface area (Å²) in [6.07, 6.45) is 7.02. The molecule has 0 unspecified atom stereocenters. The first-order valence-corrected chi connectivity index (χ1v) is 10.5. The van der Waals surface area contributed by atoms with Crippen LogP contribution < -0.4 is 0 Å². The second-order valence-corrected chi connectivity index (χ2v) is 7.79. The Morgan fingerprint density at radius 3 is 2.52 bits per heavy atom. The van der Waals surface area contributed by atoms with Crippen molar-refractivity contribution < 1.29 is 14.3 Å². The number of rotatable bonds is 8. The van der Waals surface area contributed by atoms with Gasteiger partial charge in [0, 0.05) is 38.4 Å². The Balaban J connectivity index is 1.58. The zero-order valence-electron chi connectivity index (χ0n) is 17.5. The highest BCUT2D eigenvalue weighted by Gasteiger charge is 2.43. The predicted molar refractivity (Wildman–Crippen MR) is 111 cm³/mol. The molecule has 2 heterocycles. The number of carbonyl (C=O) groups excluding carboxylic acids is 2. The minimum atomic E-state index is -0.496.